The van der Waals surface area contributed by atoms with Crippen LogP contribution in [0, 0.1) is 39.0 Å². The lowest BCUT2D eigenvalue weighted by Gasteiger charge is -2.13. The maximum atomic E-state index is 9.40. The fraction of sp³-hybridized carbons (Fsp3) is 0.200. The molecule has 2 aromatic carbocycles. The van der Waals surface area contributed by atoms with Gasteiger partial charge in [0, 0.05) is 10.8 Å². The molecule has 0 spiro atoms. The van der Waals surface area contributed by atoms with Crippen LogP contribution in [0.2, 0.25) is 0 Å². The van der Waals surface area contributed by atoms with Crippen LogP contribution in [-0.2, 0) is 0 Å². The van der Waals surface area contributed by atoms with Gasteiger partial charge in [-0.25, -0.2) is 4.98 Å². The molecule has 2 heterocycles. The zero-order valence-corrected chi connectivity index (χ0v) is 13.7. The third kappa shape index (κ3) is 1.78. The number of hydrogen-bond acceptors (Lipinski definition) is 2. The minimum Gasteiger partial charge on any atom is -0.295 e. The van der Waals surface area contributed by atoms with Crippen LogP contribution in [0.1, 0.15) is 28.1 Å². The van der Waals surface area contributed by atoms with Crippen molar-refractivity contribution >= 4 is 27.3 Å². The first kappa shape index (κ1) is 13.8. The first-order valence-corrected chi connectivity index (χ1v) is 7.73. The molecule has 2 aromatic heterocycles. The van der Waals surface area contributed by atoms with E-state index >= 15 is 0 Å². The van der Waals surface area contributed by atoms with Gasteiger partial charge in [0.1, 0.15) is 11.7 Å². The lowest BCUT2D eigenvalue weighted by atomic mass is 9.99. The number of rotatable bonds is 0. The van der Waals surface area contributed by atoms with Crippen molar-refractivity contribution in [2.24, 2.45) is 0 Å². The monoisotopic (exact) mass is 299 g/mol. The van der Waals surface area contributed by atoms with Crippen LogP contribution in [-0.4, -0.2) is 9.38 Å². The number of nitriles is 1. The van der Waals surface area contributed by atoms with E-state index in [1.807, 2.05) is 6.92 Å². The molecule has 0 aliphatic carbocycles. The second kappa shape index (κ2) is 4.57. The van der Waals surface area contributed by atoms with Crippen LogP contribution in [0.5, 0.6) is 0 Å². The van der Waals surface area contributed by atoms with Crippen molar-refractivity contribution in [3.8, 4) is 6.07 Å². The Morgan fingerprint density at radius 3 is 2.39 bits per heavy atom. The molecular formula is C20H17N3. The summed E-state index contributed by atoms with van der Waals surface area (Å²) < 4.78 is 2.14. The molecule has 3 nitrogen and oxygen atoms in total. The molecule has 0 saturated carbocycles. The van der Waals surface area contributed by atoms with E-state index in [0.29, 0.717) is 5.69 Å². The molecule has 4 rings (SSSR count). The van der Waals surface area contributed by atoms with Gasteiger partial charge >= 0.3 is 0 Å². The van der Waals surface area contributed by atoms with Gasteiger partial charge in [-0.3, -0.25) is 4.40 Å². The second-order valence-electron chi connectivity index (χ2n) is 6.34. The molecular weight excluding hydrogens is 282 g/mol. The van der Waals surface area contributed by atoms with Crippen LogP contribution < -0.4 is 0 Å². The largest absolute Gasteiger partial charge is 0.295 e. The molecule has 4 aromatic rings. The van der Waals surface area contributed by atoms with Crippen molar-refractivity contribution in [1.29, 1.82) is 5.26 Å². The van der Waals surface area contributed by atoms with E-state index < -0.39 is 0 Å². The fourth-order valence-corrected chi connectivity index (χ4v) is 3.60. The van der Waals surface area contributed by atoms with Crippen LogP contribution in [0.25, 0.3) is 27.3 Å². The number of benzene rings is 2. The van der Waals surface area contributed by atoms with Crippen molar-refractivity contribution in [3.63, 3.8) is 0 Å². The summed E-state index contributed by atoms with van der Waals surface area (Å²) >= 11 is 0. The second-order valence-corrected chi connectivity index (χ2v) is 6.34. The molecule has 0 atom stereocenters. The highest BCUT2D eigenvalue weighted by Crippen LogP contribution is 2.33. The van der Waals surface area contributed by atoms with Crippen molar-refractivity contribution < 1.29 is 0 Å². The van der Waals surface area contributed by atoms with E-state index in [0.717, 1.165) is 22.2 Å². The lowest BCUT2D eigenvalue weighted by molar-refractivity contribution is 1.15. The Hall–Kier alpha value is -2.86. The summed E-state index contributed by atoms with van der Waals surface area (Å²) in [7, 11) is 0. The van der Waals surface area contributed by atoms with Gasteiger partial charge in [0.15, 0.2) is 5.69 Å². The number of imidazole rings is 1. The molecule has 0 amide bonds. The van der Waals surface area contributed by atoms with E-state index in [2.05, 4.69) is 66.6 Å². The molecule has 0 aliphatic heterocycles. The Bertz CT molecular complexity index is 1160. The standard InChI is InChI=1S/C20H17N3/c1-11-5-6-15-16(8-11)17-9-12(2)7-13(3)19(17)23-14(4)18(10-21)22-20(15)23/h5-9H,1-4H3. The van der Waals surface area contributed by atoms with Crippen LogP contribution in [0.4, 0.5) is 0 Å². The highest BCUT2D eigenvalue weighted by molar-refractivity contribution is 6.13. The zero-order valence-electron chi connectivity index (χ0n) is 13.7. The third-order valence-corrected chi connectivity index (χ3v) is 4.59. The maximum Gasteiger partial charge on any atom is 0.162 e. The lowest BCUT2D eigenvalue weighted by Crippen LogP contribution is -1.97. The molecule has 3 heteroatoms. The van der Waals surface area contributed by atoms with Crippen LogP contribution >= 0.6 is 0 Å². The maximum absolute atomic E-state index is 9.40. The van der Waals surface area contributed by atoms with Gasteiger partial charge in [-0.05, 0) is 44.7 Å². The van der Waals surface area contributed by atoms with Crippen LogP contribution in [0.3, 0.4) is 0 Å². The SMILES string of the molecule is Cc1ccc2c(c1)c1cc(C)cc(C)c1n1c(C)c(C#N)nc21. The average Bonchev–Trinajstić information content (AvgIpc) is 2.84. The predicted molar refractivity (Wildman–Crippen MR) is 93.9 cm³/mol. The number of aromatic nitrogens is 2. The quantitative estimate of drug-likeness (QED) is 0.440. The van der Waals surface area contributed by atoms with Gasteiger partial charge in [0.05, 0.1) is 11.2 Å². The van der Waals surface area contributed by atoms with Gasteiger partial charge in [-0.2, -0.15) is 5.26 Å². The average molecular weight is 299 g/mol. The van der Waals surface area contributed by atoms with Crippen molar-refractivity contribution in [3.05, 3.63) is 58.4 Å². The third-order valence-electron chi connectivity index (χ3n) is 4.59. The van der Waals surface area contributed by atoms with Gasteiger partial charge in [-0.15, -0.1) is 0 Å². The predicted octanol–water partition coefficient (Wildman–Crippen LogP) is 4.75. The van der Waals surface area contributed by atoms with Crippen LogP contribution in [0.15, 0.2) is 30.3 Å². The summed E-state index contributed by atoms with van der Waals surface area (Å²) in [5.41, 5.74) is 7.10. The molecule has 0 unspecified atom stereocenters. The minimum absolute atomic E-state index is 0.499. The van der Waals surface area contributed by atoms with E-state index in [4.69, 9.17) is 0 Å². The molecule has 23 heavy (non-hydrogen) atoms. The Kier molecular flexibility index (Phi) is 2.74. The molecule has 0 bridgehead atoms. The first-order chi connectivity index (χ1) is 11.0. The molecule has 0 aliphatic rings. The summed E-state index contributed by atoms with van der Waals surface area (Å²) in [6, 6.07) is 13.1. The smallest absolute Gasteiger partial charge is 0.162 e. The summed E-state index contributed by atoms with van der Waals surface area (Å²) in [5.74, 6) is 0. The molecule has 0 N–H and O–H groups in total. The fourth-order valence-electron chi connectivity index (χ4n) is 3.60. The summed E-state index contributed by atoms with van der Waals surface area (Å²) in [5, 5.41) is 12.9. The van der Waals surface area contributed by atoms with E-state index in [-0.39, 0.29) is 0 Å². The number of nitrogens with zero attached hydrogens (tertiary/aromatic N) is 3. The number of fused-ring (bicyclic) bond motifs is 6. The summed E-state index contributed by atoms with van der Waals surface area (Å²) in [4.78, 5) is 4.60. The summed E-state index contributed by atoms with van der Waals surface area (Å²) in [6.07, 6.45) is 0. The van der Waals surface area contributed by atoms with Crippen molar-refractivity contribution in [2.75, 3.05) is 0 Å². The molecule has 0 saturated heterocycles. The number of aryl methyl sites for hydroxylation is 4. The Morgan fingerprint density at radius 1 is 0.913 bits per heavy atom. The minimum atomic E-state index is 0.499. The van der Waals surface area contributed by atoms with Gasteiger partial charge < -0.3 is 0 Å². The summed E-state index contributed by atoms with van der Waals surface area (Å²) in [6.45, 7) is 8.33. The number of pyridine rings is 1. The molecule has 0 fully saturated rings. The van der Waals surface area contributed by atoms with Crippen molar-refractivity contribution in [1.82, 2.24) is 9.38 Å². The molecule has 0 radical (unpaired) electrons. The number of hydrogen-bond donors (Lipinski definition) is 0. The van der Waals surface area contributed by atoms with E-state index in [9.17, 15) is 5.26 Å². The van der Waals surface area contributed by atoms with E-state index in [1.54, 1.807) is 0 Å². The Labute approximate surface area is 134 Å². The van der Waals surface area contributed by atoms with Gasteiger partial charge in [-0.1, -0.05) is 35.4 Å². The van der Waals surface area contributed by atoms with Gasteiger partial charge in [0.2, 0.25) is 0 Å². The van der Waals surface area contributed by atoms with Gasteiger partial charge in [0.25, 0.3) is 0 Å². The first-order valence-electron chi connectivity index (χ1n) is 7.73. The zero-order chi connectivity index (χ0) is 16.3. The Balaban J connectivity index is 2.45. The van der Waals surface area contributed by atoms with E-state index in [1.165, 1.54) is 27.5 Å². The highest BCUT2D eigenvalue weighted by Gasteiger charge is 2.16. The molecule has 112 valence electrons. The highest BCUT2D eigenvalue weighted by atomic mass is 15.0. The normalized spacial score (nSPS) is 11.4. The Morgan fingerprint density at radius 2 is 1.65 bits per heavy atom. The topological polar surface area (TPSA) is 41.1 Å². The van der Waals surface area contributed by atoms with Crippen molar-refractivity contribution in [2.45, 2.75) is 27.7 Å².